The number of benzene rings is 1. The Morgan fingerprint density at radius 3 is 2.56 bits per heavy atom. The fourth-order valence-corrected chi connectivity index (χ4v) is 3.14. The Morgan fingerprint density at radius 2 is 2.00 bits per heavy atom. The number of carbonyl (C=O) groups is 1. The molecule has 0 spiro atoms. The zero-order valence-electron chi connectivity index (χ0n) is 16.0. The second-order valence-corrected chi connectivity index (χ2v) is 6.94. The summed E-state index contributed by atoms with van der Waals surface area (Å²) in [7, 11) is 4.03. The molecule has 136 valence electrons. The van der Waals surface area contributed by atoms with Crippen molar-refractivity contribution < 1.29 is 4.79 Å². The van der Waals surface area contributed by atoms with Gasteiger partial charge in [-0.1, -0.05) is 13.8 Å². The molecule has 1 atom stereocenters. The third-order valence-corrected chi connectivity index (χ3v) is 4.59. The average Bonchev–Trinajstić information content (AvgIpc) is 2.55. The lowest BCUT2D eigenvalue weighted by Gasteiger charge is -2.28. The van der Waals surface area contributed by atoms with E-state index in [1.54, 1.807) is 29.7 Å². The molecular formula is C19H28N4O2. The van der Waals surface area contributed by atoms with Crippen molar-refractivity contribution in [3.63, 3.8) is 0 Å². The van der Waals surface area contributed by atoms with Gasteiger partial charge in [-0.05, 0) is 52.1 Å². The Balaban J connectivity index is 2.28. The number of aromatic nitrogens is 2. The first-order chi connectivity index (χ1) is 11.8. The van der Waals surface area contributed by atoms with Crippen LogP contribution in [0.3, 0.4) is 0 Å². The molecule has 1 heterocycles. The Kier molecular flexibility index (Phi) is 5.95. The second-order valence-electron chi connectivity index (χ2n) is 6.94. The van der Waals surface area contributed by atoms with Gasteiger partial charge in [0.05, 0.1) is 11.0 Å². The largest absolute Gasteiger partial charge is 0.350 e. The maximum atomic E-state index is 12.5. The van der Waals surface area contributed by atoms with E-state index in [9.17, 15) is 9.59 Å². The Labute approximate surface area is 148 Å². The van der Waals surface area contributed by atoms with Gasteiger partial charge in [0.25, 0.3) is 11.5 Å². The standard InChI is InChI=1S/C19H28N4O2/c1-7-23-16-9-8-14(10-15(16)21-13(4)19(23)25)18(24)20-11-17(12(2)3)22(5)6/h8-10,12,17H,7,11H2,1-6H3,(H,20,24). The van der Waals surface area contributed by atoms with E-state index < -0.39 is 0 Å². The van der Waals surface area contributed by atoms with Crippen molar-refractivity contribution in [3.05, 3.63) is 39.8 Å². The monoisotopic (exact) mass is 344 g/mol. The number of rotatable bonds is 6. The van der Waals surface area contributed by atoms with Crippen LogP contribution >= 0.6 is 0 Å². The fraction of sp³-hybridized carbons (Fsp3) is 0.526. The van der Waals surface area contributed by atoms with Crippen LogP contribution in [0.4, 0.5) is 0 Å². The maximum absolute atomic E-state index is 12.5. The normalized spacial score (nSPS) is 12.8. The number of fused-ring (bicyclic) bond motifs is 1. The molecule has 0 aliphatic rings. The minimum absolute atomic E-state index is 0.0852. The summed E-state index contributed by atoms with van der Waals surface area (Å²) in [5.74, 6) is 0.318. The van der Waals surface area contributed by atoms with Crippen LogP contribution in [0, 0.1) is 12.8 Å². The molecule has 25 heavy (non-hydrogen) atoms. The van der Waals surface area contributed by atoms with E-state index in [2.05, 4.69) is 29.0 Å². The van der Waals surface area contributed by atoms with E-state index in [1.165, 1.54) is 0 Å². The molecule has 1 N–H and O–H groups in total. The van der Waals surface area contributed by atoms with Gasteiger partial charge in [-0.25, -0.2) is 4.98 Å². The number of nitrogens with zero attached hydrogens (tertiary/aromatic N) is 3. The summed E-state index contributed by atoms with van der Waals surface area (Å²) < 4.78 is 1.68. The second kappa shape index (κ2) is 7.78. The molecule has 1 unspecified atom stereocenters. The molecule has 2 aromatic rings. The summed E-state index contributed by atoms with van der Waals surface area (Å²) in [5.41, 5.74) is 2.34. The van der Waals surface area contributed by atoms with Crippen LogP contribution in [-0.4, -0.2) is 47.0 Å². The highest BCUT2D eigenvalue weighted by Gasteiger charge is 2.17. The lowest BCUT2D eigenvalue weighted by Crippen LogP contribution is -2.43. The number of nitrogens with one attached hydrogen (secondary N) is 1. The lowest BCUT2D eigenvalue weighted by molar-refractivity contribution is 0.0935. The van der Waals surface area contributed by atoms with Gasteiger partial charge in [0.1, 0.15) is 5.69 Å². The predicted octanol–water partition coefficient (Wildman–Crippen LogP) is 2.04. The van der Waals surface area contributed by atoms with E-state index in [1.807, 2.05) is 21.0 Å². The molecule has 0 saturated heterocycles. The summed E-state index contributed by atoms with van der Waals surface area (Å²) >= 11 is 0. The molecule has 0 aliphatic carbocycles. The van der Waals surface area contributed by atoms with Crippen LogP contribution in [0.5, 0.6) is 0 Å². The van der Waals surface area contributed by atoms with E-state index in [0.29, 0.717) is 35.8 Å². The van der Waals surface area contributed by atoms with Crippen molar-refractivity contribution in [2.24, 2.45) is 5.92 Å². The molecule has 0 saturated carbocycles. The SMILES string of the molecule is CCn1c(=O)c(C)nc2cc(C(=O)NCC(C(C)C)N(C)C)ccc21. The van der Waals surface area contributed by atoms with Crippen LogP contribution in [0.2, 0.25) is 0 Å². The highest BCUT2D eigenvalue weighted by atomic mass is 16.1. The van der Waals surface area contributed by atoms with Crippen LogP contribution in [-0.2, 0) is 6.54 Å². The van der Waals surface area contributed by atoms with E-state index in [4.69, 9.17) is 0 Å². The Morgan fingerprint density at radius 1 is 1.32 bits per heavy atom. The summed E-state index contributed by atoms with van der Waals surface area (Å²) in [6, 6.07) is 5.58. The minimum atomic E-state index is -0.122. The highest BCUT2D eigenvalue weighted by Crippen LogP contribution is 2.14. The molecular weight excluding hydrogens is 316 g/mol. The van der Waals surface area contributed by atoms with Crippen molar-refractivity contribution in [2.75, 3.05) is 20.6 Å². The molecule has 1 amide bonds. The number of hydrogen-bond donors (Lipinski definition) is 1. The van der Waals surface area contributed by atoms with Gasteiger partial charge in [-0.2, -0.15) is 0 Å². The van der Waals surface area contributed by atoms with Crippen molar-refractivity contribution in [2.45, 2.75) is 40.3 Å². The third kappa shape index (κ3) is 4.07. The molecule has 1 aromatic heterocycles. The van der Waals surface area contributed by atoms with Gasteiger partial charge in [0.15, 0.2) is 0 Å². The quantitative estimate of drug-likeness (QED) is 0.871. The van der Waals surface area contributed by atoms with Crippen molar-refractivity contribution in [1.29, 1.82) is 0 Å². The van der Waals surface area contributed by atoms with Gasteiger partial charge in [0, 0.05) is 24.7 Å². The molecule has 0 fully saturated rings. The van der Waals surface area contributed by atoms with Crippen molar-refractivity contribution in [3.8, 4) is 0 Å². The molecule has 0 radical (unpaired) electrons. The smallest absolute Gasteiger partial charge is 0.272 e. The van der Waals surface area contributed by atoms with Crippen molar-refractivity contribution >= 4 is 16.9 Å². The molecule has 2 rings (SSSR count). The average molecular weight is 344 g/mol. The Hall–Kier alpha value is -2.21. The van der Waals surface area contributed by atoms with Crippen LogP contribution < -0.4 is 10.9 Å². The van der Waals surface area contributed by atoms with Gasteiger partial charge in [-0.15, -0.1) is 0 Å². The first-order valence-electron chi connectivity index (χ1n) is 8.72. The van der Waals surface area contributed by atoms with Gasteiger partial charge < -0.3 is 14.8 Å². The predicted molar refractivity (Wildman–Crippen MR) is 101 cm³/mol. The van der Waals surface area contributed by atoms with Crippen LogP contribution in [0.25, 0.3) is 11.0 Å². The molecule has 6 heteroatoms. The molecule has 0 aliphatic heterocycles. The summed E-state index contributed by atoms with van der Waals surface area (Å²) in [4.78, 5) is 31.2. The molecule has 6 nitrogen and oxygen atoms in total. The highest BCUT2D eigenvalue weighted by molar-refractivity contribution is 5.97. The molecule has 1 aromatic carbocycles. The van der Waals surface area contributed by atoms with Gasteiger partial charge in [0.2, 0.25) is 0 Å². The summed E-state index contributed by atoms with van der Waals surface area (Å²) in [6.07, 6.45) is 0. The first-order valence-corrected chi connectivity index (χ1v) is 8.72. The number of likely N-dealkylation sites (N-methyl/N-ethyl adjacent to an activating group) is 1. The number of amides is 1. The minimum Gasteiger partial charge on any atom is -0.350 e. The first kappa shape index (κ1) is 19.1. The zero-order chi connectivity index (χ0) is 18.7. The van der Waals surface area contributed by atoms with E-state index in [-0.39, 0.29) is 17.5 Å². The number of hydrogen-bond acceptors (Lipinski definition) is 4. The van der Waals surface area contributed by atoms with Crippen LogP contribution in [0.1, 0.15) is 36.8 Å². The molecule has 0 bridgehead atoms. The van der Waals surface area contributed by atoms with Gasteiger partial charge >= 0.3 is 0 Å². The van der Waals surface area contributed by atoms with E-state index >= 15 is 0 Å². The van der Waals surface area contributed by atoms with E-state index in [0.717, 1.165) is 5.52 Å². The third-order valence-electron chi connectivity index (χ3n) is 4.59. The Bertz CT molecular complexity index is 816. The summed E-state index contributed by atoms with van der Waals surface area (Å²) in [5, 5.41) is 3.00. The fourth-order valence-electron chi connectivity index (χ4n) is 3.14. The summed E-state index contributed by atoms with van der Waals surface area (Å²) in [6.45, 7) is 9.07. The number of carbonyl (C=O) groups excluding carboxylic acids is 1. The zero-order valence-corrected chi connectivity index (χ0v) is 16.0. The lowest BCUT2D eigenvalue weighted by atomic mass is 10.0. The van der Waals surface area contributed by atoms with Crippen molar-refractivity contribution in [1.82, 2.24) is 19.8 Å². The van der Waals surface area contributed by atoms with Crippen LogP contribution in [0.15, 0.2) is 23.0 Å². The maximum Gasteiger partial charge on any atom is 0.272 e. The topological polar surface area (TPSA) is 67.2 Å². The van der Waals surface area contributed by atoms with Gasteiger partial charge in [-0.3, -0.25) is 9.59 Å². The number of aryl methyl sites for hydroxylation is 2.